The zero-order valence-electron chi connectivity index (χ0n) is 15.1. The van der Waals surface area contributed by atoms with Gasteiger partial charge in [0.15, 0.2) is 5.57 Å². The topological polar surface area (TPSA) is 78.8 Å². The van der Waals surface area contributed by atoms with Gasteiger partial charge in [-0.2, -0.15) is 19.3 Å². The van der Waals surface area contributed by atoms with Crippen molar-refractivity contribution < 1.29 is 13.5 Å². The Kier molecular flexibility index (Phi) is 5.87. The summed E-state index contributed by atoms with van der Waals surface area (Å²) in [4.78, 5) is 13.1. The summed E-state index contributed by atoms with van der Waals surface area (Å²) < 4.78 is 31.5. The van der Waals surface area contributed by atoms with E-state index in [9.17, 15) is 24.1 Å². The first-order chi connectivity index (χ1) is 14.0. The molecule has 3 rings (SSSR count). The van der Waals surface area contributed by atoms with Crippen LogP contribution in [-0.4, -0.2) is 11.2 Å². The first-order valence-corrected chi connectivity index (χ1v) is 9.16. The Morgan fingerprint density at radius 2 is 1.79 bits per heavy atom. The minimum absolute atomic E-state index is 0.0796. The van der Waals surface area contributed by atoms with E-state index in [0.29, 0.717) is 5.69 Å². The lowest BCUT2D eigenvalue weighted by atomic mass is 10.2. The van der Waals surface area contributed by atoms with Crippen molar-refractivity contribution in [3.63, 3.8) is 0 Å². The highest BCUT2D eigenvalue weighted by molar-refractivity contribution is 7.07. The molecule has 1 aromatic heterocycles. The number of aryl methyl sites for hydroxylation is 1. The van der Waals surface area contributed by atoms with Gasteiger partial charge in [-0.3, -0.25) is 9.36 Å². The van der Waals surface area contributed by atoms with Gasteiger partial charge in [0.25, 0.3) is 5.56 Å². The van der Waals surface area contributed by atoms with E-state index in [0.717, 1.165) is 16.9 Å². The van der Waals surface area contributed by atoms with Crippen molar-refractivity contribution in [3.8, 4) is 23.6 Å². The van der Waals surface area contributed by atoms with E-state index in [1.54, 1.807) is 37.3 Å². The van der Waals surface area contributed by atoms with Crippen LogP contribution in [0.4, 0.5) is 8.78 Å². The predicted molar refractivity (Wildman–Crippen MR) is 105 cm³/mol. The fraction of sp³-hybridized carbons (Fsp3) is 0.0952. The summed E-state index contributed by atoms with van der Waals surface area (Å²) in [6.07, 6.45) is 1.41. The number of thiazole rings is 1. The van der Waals surface area contributed by atoms with Crippen LogP contribution in [0.5, 0.6) is 5.75 Å². The van der Waals surface area contributed by atoms with Gasteiger partial charge >= 0.3 is 6.61 Å². The van der Waals surface area contributed by atoms with Gasteiger partial charge in [0.1, 0.15) is 22.6 Å². The van der Waals surface area contributed by atoms with Crippen LogP contribution < -0.4 is 19.5 Å². The van der Waals surface area contributed by atoms with Crippen molar-refractivity contribution in [2.75, 3.05) is 0 Å². The van der Waals surface area contributed by atoms with E-state index < -0.39 is 12.2 Å². The number of alkyl halides is 2. The minimum atomic E-state index is -3.01. The molecule has 0 amide bonds. The minimum Gasteiger partial charge on any atom is -0.434 e. The van der Waals surface area contributed by atoms with Gasteiger partial charge in [-0.1, -0.05) is 36.4 Å². The highest BCUT2D eigenvalue weighted by Crippen LogP contribution is 2.20. The summed E-state index contributed by atoms with van der Waals surface area (Å²) in [6.45, 7) is -1.21. The van der Waals surface area contributed by atoms with Gasteiger partial charge < -0.3 is 4.74 Å². The molecule has 0 fully saturated rings. The zero-order chi connectivity index (χ0) is 21.0. The summed E-state index contributed by atoms with van der Waals surface area (Å²) in [5.41, 5.74) is 0.909. The normalized spacial score (nSPS) is 11.2. The molecule has 0 unspecified atom stereocenters. The van der Waals surface area contributed by atoms with Crippen LogP contribution in [-0.2, 0) is 0 Å². The van der Waals surface area contributed by atoms with Crippen LogP contribution in [0.1, 0.15) is 11.1 Å². The van der Waals surface area contributed by atoms with E-state index >= 15 is 0 Å². The fourth-order valence-electron chi connectivity index (χ4n) is 2.75. The van der Waals surface area contributed by atoms with Crippen molar-refractivity contribution in [1.82, 2.24) is 4.57 Å². The van der Waals surface area contributed by atoms with Crippen LogP contribution >= 0.6 is 11.3 Å². The van der Waals surface area contributed by atoms with Crippen LogP contribution in [0.2, 0.25) is 0 Å². The Morgan fingerprint density at radius 1 is 1.14 bits per heavy atom. The van der Waals surface area contributed by atoms with Gasteiger partial charge in [-0.25, -0.2) is 0 Å². The number of hydrogen-bond acceptors (Lipinski definition) is 5. The van der Waals surface area contributed by atoms with Crippen molar-refractivity contribution in [3.05, 3.63) is 79.2 Å². The van der Waals surface area contributed by atoms with Crippen molar-refractivity contribution in [2.24, 2.45) is 0 Å². The van der Waals surface area contributed by atoms with Crippen LogP contribution in [0.25, 0.3) is 17.3 Å². The molecule has 0 atom stereocenters. The number of aromatic nitrogens is 1. The third-order valence-corrected chi connectivity index (χ3v) is 5.13. The van der Waals surface area contributed by atoms with Gasteiger partial charge in [0.2, 0.25) is 0 Å². The molecule has 0 radical (unpaired) electrons. The lowest BCUT2D eigenvalue weighted by Gasteiger charge is -2.07. The zero-order valence-corrected chi connectivity index (χ0v) is 15.9. The maximum absolute atomic E-state index is 13.1. The van der Waals surface area contributed by atoms with Crippen molar-refractivity contribution in [1.29, 1.82) is 10.5 Å². The highest BCUT2D eigenvalue weighted by atomic mass is 32.1. The van der Waals surface area contributed by atoms with Crippen molar-refractivity contribution >= 4 is 23.0 Å². The Labute approximate surface area is 168 Å². The summed E-state index contributed by atoms with van der Waals surface area (Å²) in [5.74, 6) is -0.0796. The standard InChI is InChI=1S/C21H13F2N3O2S/c1-13-6-2-4-8-16(13)26-19(27)18(29-20(26)15(11-24)12-25)10-14-7-3-5-9-17(14)28-21(22)23/h2-10,21H,1H3. The summed E-state index contributed by atoms with van der Waals surface area (Å²) in [5, 5.41) is 18.6. The van der Waals surface area contributed by atoms with Gasteiger partial charge in [0.05, 0.1) is 10.2 Å². The van der Waals surface area contributed by atoms with Crippen LogP contribution in [0, 0.1) is 29.6 Å². The van der Waals surface area contributed by atoms with E-state index in [1.165, 1.54) is 28.8 Å². The number of halogens is 2. The predicted octanol–water partition coefficient (Wildman–Crippen LogP) is 2.84. The van der Waals surface area contributed by atoms with Gasteiger partial charge in [-0.05, 0) is 30.7 Å². The number of ether oxygens (including phenoxy) is 1. The van der Waals surface area contributed by atoms with Crippen LogP contribution in [0.15, 0.2) is 53.3 Å². The van der Waals surface area contributed by atoms with E-state index in [4.69, 9.17) is 0 Å². The Morgan fingerprint density at radius 3 is 2.45 bits per heavy atom. The lowest BCUT2D eigenvalue weighted by molar-refractivity contribution is -0.0499. The molecule has 5 nitrogen and oxygen atoms in total. The fourth-order valence-corrected chi connectivity index (χ4v) is 3.79. The maximum atomic E-state index is 13.1. The molecule has 8 heteroatoms. The molecule has 0 aliphatic heterocycles. The second kappa shape index (κ2) is 8.51. The number of para-hydroxylation sites is 2. The number of benzene rings is 2. The second-order valence-corrected chi connectivity index (χ2v) is 6.89. The summed E-state index contributed by atoms with van der Waals surface area (Å²) in [7, 11) is 0. The number of rotatable bonds is 4. The molecule has 29 heavy (non-hydrogen) atoms. The SMILES string of the molecule is Cc1ccccc1-n1c(=C(C#N)C#N)sc(=Cc2ccccc2OC(F)F)c1=O. The van der Waals surface area contributed by atoms with Gasteiger partial charge in [-0.15, -0.1) is 11.3 Å². The van der Waals surface area contributed by atoms with E-state index in [2.05, 4.69) is 4.74 Å². The molecule has 0 N–H and O–H groups in total. The summed E-state index contributed by atoms with van der Waals surface area (Å²) >= 11 is 0.939. The summed E-state index contributed by atoms with van der Waals surface area (Å²) in [6, 6.07) is 16.7. The first-order valence-electron chi connectivity index (χ1n) is 8.34. The second-order valence-electron chi connectivity index (χ2n) is 5.86. The molecule has 0 aliphatic carbocycles. The Bertz CT molecular complexity index is 1310. The molecule has 0 spiro atoms. The number of nitriles is 2. The first kappa shape index (κ1) is 20.0. The highest BCUT2D eigenvalue weighted by Gasteiger charge is 2.14. The largest absolute Gasteiger partial charge is 0.434 e. The van der Waals surface area contributed by atoms with Crippen molar-refractivity contribution in [2.45, 2.75) is 13.5 Å². The molecule has 1 heterocycles. The van der Waals surface area contributed by atoms with Gasteiger partial charge in [0, 0.05) is 5.56 Å². The molecule has 0 aliphatic rings. The molecule has 2 aromatic carbocycles. The molecule has 0 bridgehead atoms. The molecule has 3 aromatic rings. The molecule has 0 saturated heterocycles. The monoisotopic (exact) mass is 409 g/mol. The average Bonchev–Trinajstić information content (AvgIpc) is 3.00. The maximum Gasteiger partial charge on any atom is 0.387 e. The third kappa shape index (κ3) is 4.08. The number of hydrogen-bond donors (Lipinski definition) is 0. The molecular formula is C21H13F2N3O2S. The average molecular weight is 409 g/mol. The Balaban J connectivity index is 2.38. The van der Waals surface area contributed by atoms with Crippen LogP contribution in [0.3, 0.4) is 0 Å². The van der Waals surface area contributed by atoms with E-state index in [1.807, 2.05) is 12.1 Å². The smallest absolute Gasteiger partial charge is 0.387 e. The number of nitrogens with zero attached hydrogens (tertiary/aromatic N) is 3. The molecular weight excluding hydrogens is 396 g/mol. The quantitative estimate of drug-likeness (QED) is 0.664. The Hall–Kier alpha value is -3.75. The third-order valence-electron chi connectivity index (χ3n) is 4.04. The molecule has 144 valence electrons. The lowest BCUT2D eigenvalue weighted by Crippen LogP contribution is -2.31. The van der Waals surface area contributed by atoms with E-state index in [-0.39, 0.29) is 26.1 Å². The molecule has 0 saturated carbocycles.